The van der Waals surface area contributed by atoms with E-state index in [0.29, 0.717) is 0 Å². The number of hydrogen-bond acceptors (Lipinski definition) is 2. The van der Waals surface area contributed by atoms with Crippen LogP contribution in [-0.4, -0.2) is 18.7 Å². The summed E-state index contributed by atoms with van der Waals surface area (Å²) in [5.41, 5.74) is 0.465. The normalized spacial score (nSPS) is 26.8. The van der Waals surface area contributed by atoms with Gasteiger partial charge < -0.3 is 10.1 Å². The summed E-state index contributed by atoms with van der Waals surface area (Å²) in [6.07, 6.45) is 6.70. The lowest BCUT2D eigenvalue weighted by molar-refractivity contribution is -0.123. The van der Waals surface area contributed by atoms with Gasteiger partial charge in [-0.25, -0.2) is 0 Å². The van der Waals surface area contributed by atoms with Crippen molar-refractivity contribution in [2.24, 2.45) is 0 Å². The van der Waals surface area contributed by atoms with Crippen LogP contribution >= 0.6 is 0 Å². The minimum Gasteiger partial charge on any atom is -0.352 e. The van der Waals surface area contributed by atoms with Crippen LogP contribution in [0.2, 0.25) is 0 Å². The standard InChI is InChI=1S/C10H15NO2/c1-8-5-4-6-10(7-8,13-3)11-9(2)12/h4,6-7H,5H2,1-3H3,(H,11,12). The molecule has 1 aliphatic carbocycles. The molecule has 0 bridgehead atoms. The molecule has 0 fully saturated rings. The van der Waals surface area contributed by atoms with E-state index >= 15 is 0 Å². The second-order valence-corrected chi connectivity index (χ2v) is 3.28. The van der Waals surface area contributed by atoms with Crippen molar-refractivity contribution < 1.29 is 9.53 Å². The van der Waals surface area contributed by atoms with Gasteiger partial charge >= 0.3 is 0 Å². The van der Waals surface area contributed by atoms with Crippen molar-refractivity contribution in [1.82, 2.24) is 5.32 Å². The first-order valence-electron chi connectivity index (χ1n) is 4.28. The number of allylic oxidation sites excluding steroid dienone is 2. The first kappa shape index (κ1) is 9.99. The highest BCUT2D eigenvalue weighted by Crippen LogP contribution is 2.20. The molecule has 1 unspecified atom stereocenters. The van der Waals surface area contributed by atoms with Crippen LogP contribution in [0.5, 0.6) is 0 Å². The van der Waals surface area contributed by atoms with Crippen LogP contribution in [0.25, 0.3) is 0 Å². The second-order valence-electron chi connectivity index (χ2n) is 3.28. The Morgan fingerprint density at radius 3 is 2.85 bits per heavy atom. The Bertz CT molecular complexity index is 268. The molecular formula is C10H15NO2. The van der Waals surface area contributed by atoms with Gasteiger partial charge in [0.15, 0.2) is 5.72 Å². The van der Waals surface area contributed by atoms with Gasteiger partial charge in [0.05, 0.1) is 0 Å². The third-order valence-electron chi connectivity index (χ3n) is 1.98. The van der Waals surface area contributed by atoms with E-state index in [2.05, 4.69) is 5.32 Å². The van der Waals surface area contributed by atoms with Crippen LogP contribution in [0, 0.1) is 0 Å². The summed E-state index contributed by atoms with van der Waals surface area (Å²) in [5, 5.41) is 2.75. The Hall–Kier alpha value is -1.09. The van der Waals surface area contributed by atoms with E-state index < -0.39 is 5.72 Å². The van der Waals surface area contributed by atoms with Crippen molar-refractivity contribution in [3.8, 4) is 0 Å². The molecule has 0 aromatic carbocycles. The number of hydrogen-bond donors (Lipinski definition) is 1. The fourth-order valence-electron chi connectivity index (χ4n) is 1.42. The van der Waals surface area contributed by atoms with Crippen molar-refractivity contribution in [1.29, 1.82) is 0 Å². The summed E-state index contributed by atoms with van der Waals surface area (Å²) < 4.78 is 5.26. The molecule has 1 amide bonds. The van der Waals surface area contributed by atoms with Gasteiger partial charge in [-0.2, -0.15) is 0 Å². The number of nitrogens with one attached hydrogen (secondary N) is 1. The van der Waals surface area contributed by atoms with Gasteiger partial charge in [0.1, 0.15) is 0 Å². The third kappa shape index (κ3) is 2.42. The van der Waals surface area contributed by atoms with Gasteiger partial charge in [-0.05, 0) is 25.5 Å². The fraction of sp³-hybridized carbons (Fsp3) is 0.500. The van der Waals surface area contributed by atoms with E-state index in [9.17, 15) is 4.79 Å². The Morgan fingerprint density at radius 2 is 2.38 bits per heavy atom. The SMILES string of the molecule is COC1(NC(C)=O)C=CCC(C)=C1. The maximum absolute atomic E-state index is 10.9. The van der Waals surface area contributed by atoms with Gasteiger partial charge in [0.25, 0.3) is 0 Å². The summed E-state index contributed by atoms with van der Waals surface area (Å²) >= 11 is 0. The molecule has 0 heterocycles. The molecule has 0 radical (unpaired) electrons. The zero-order chi connectivity index (χ0) is 9.90. The summed E-state index contributed by atoms with van der Waals surface area (Å²) in [5.74, 6) is -0.0996. The largest absolute Gasteiger partial charge is 0.352 e. The number of carbonyl (C=O) groups is 1. The first-order valence-corrected chi connectivity index (χ1v) is 4.28. The average molecular weight is 181 g/mol. The van der Waals surface area contributed by atoms with Crippen LogP contribution < -0.4 is 5.32 Å². The molecule has 0 saturated carbocycles. The number of rotatable bonds is 2. The lowest BCUT2D eigenvalue weighted by atomic mass is 10.0. The zero-order valence-corrected chi connectivity index (χ0v) is 8.26. The van der Waals surface area contributed by atoms with E-state index in [4.69, 9.17) is 4.74 Å². The van der Waals surface area contributed by atoms with Gasteiger partial charge in [0, 0.05) is 14.0 Å². The Kier molecular flexibility index (Phi) is 2.88. The topological polar surface area (TPSA) is 38.3 Å². The highest BCUT2D eigenvalue weighted by atomic mass is 16.5. The molecule has 0 aliphatic heterocycles. The third-order valence-corrected chi connectivity index (χ3v) is 1.98. The Labute approximate surface area is 78.5 Å². The van der Waals surface area contributed by atoms with Crippen molar-refractivity contribution in [3.05, 3.63) is 23.8 Å². The Balaban J connectivity index is 2.85. The van der Waals surface area contributed by atoms with Crippen molar-refractivity contribution in [3.63, 3.8) is 0 Å². The molecule has 0 saturated heterocycles. The monoisotopic (exact) mass is 181 g/mol. The second kappa shape index (κ2) is 3.75. The Morgan fingerprint density at radius 1 is 1.69 bits per heavy atom. The smallest absolute Gasteiger partial charge is 0.219 e. The van der Waals surface area contributed by atoms with Crippen LogP contribution in [-0.2, 0) is 9.53 Å². The van der Waals surface area contributed by atoms with Crippen molar-refractivity contribution in [2.75, 3.05) is 7.11 Å². The molecule has 0 aromatic heterocycles. The van der Waals surface area contributed by atoms with E-state index in [-0.39, 0.29) is 5.91 Å². The summed E-state index contributed by atoms with van der Waals surface area (Å²) in [6, 6.07) is 0. The summed E-state index contributed by atoms with van der Waals surface area (Å²) in [7, 11) is 1.58. The molecule has 0 aromatic rings. The molecule has 3 nitrogen and oxygen atoms in total. The van der Waals surface area contributed by atoms with Crippen LogP contribution in [0.3, 0.4) is 0 Å². The average Bonchev–Trinajstić information content (AvgIpc) is 2.03. The molecule has 72 valence electrons. The van der Waals surface area contributed by atoms with Gasteiger partial charge in [-0.1, -0.05) is 11.6 Å². The van der Waals surface area contributed by atoms with E-state index in [1.165, 1.54) is 12.5 Å². The molecule has 1 atom stereocenters. The van der Waals surface area contributed by atoms with E-state index in [1.807, 2.05) is 25.2 Å². The lowest BCUT2D eigenvalue weighted by Gasteiger charge is -2.29. The lowest BCUT2D eigenvalue weighted by Crippen LogP contribution is -2.46. The molecule has 3 heteroatoms. The molecule has 1 rings (SSSR count). The highest BCUT2D eigenvalue weighted by molar-refractivity contribution is 5.74. The molecular weight excluding hydrogens is 166 g/mol. The quantitative estimate of drug-likeness (QED) is 0.516. The zero-order valence-electron chi connectivity index (χ0n) is 8.26. The van der Waals surface area contributed by atoms with E-state index in [1.54, 1.807) is 7.11 Å². The number of carbonyl (C=O) groups excluding carboxylic acids is 1. The number of amides is 1. The molecule has 1 aliphatic rings. The number of ether oxygens (including phenoxy) is 1. The summed E-state index contributed by atoms with van der Waals surface area (Å²) in [6.45, 7) is 3.49. The maximum atomic E-state index is 10.9. The predicted octanol–water partition coefficient (Wildman–Crippen LogP) is 1.37. The van der Waals surface area contributed by atoms with Gasteiger partial charge in [-0.3, -0.25) is 4.79 Å². The van der Waals surface area contributed by atoms with Crippen LogP contribution in [0.15, 0.2) is 23.8 Å². The minimum absolute atomic E-state index is 0.0996. The van der Waals surface area contributed by atoms with Gasteiger partial charge in [-0.15, -0.1) is 0 Å². The maximum Gasteiger partial charge on any atom is 0.219 e. The molecule has 1 N–H and O–H groups in total. The fourth-order valence-corrected chi connectivity index (χ4v) is 1.42. The van der Waals surface area contributed by atoms with Crippen LogP contribution in [0.4, 0.5) is 0 Å². The first-order chi connectivity index (χ1) is 6.08. The van der Waals surface area contributed by atoms with Crippen LogP contribution in [0.1, 0.15) is 20.3 Å². The van der Waals surface area contributed by atoms with Gasteiger partial charge in [0.2, 0.25) is 5.91 Å². The van der Waals surface area contributed by atoms with Crippen molar-refractivity contribution >= 4 is 5.91 Å². The summed E-state index contributed by atoms with van der Waals surface area (Å²) in [4.78, 5) is 10.9. The molecule has 0 spiro atoms. The van der Waals surface area contributed by atoms with Crippen molar-refractivity contribution in [2.45, 2.75) is 26.0 Å². The highest BCUT2D eigenvalue weighted by Gasteiger charge is 2.26. The van der Waals surface area contributed by atoms with E-state index in [0.717, 1.165) is 6.42 Å². The molecule has 13 heavy (non-hydrogen) atoms. The number of methoxy groups -OCH3 is 1. The minimum atomic E-state index is -0.728. The predicted molar refractivity (Wildman–Crippen MR) is 51.1 cm³/mol.